The molecular formula is C12H22N2O. The van der Waals surface area contributed by atoms with E-state index in [9.17, 15) is 4.79 Å². The van der Waals surface area contributed by atoms with Crippen molar-refractivity contribution in [3.8, 4) is 0 Å². The lowest BCUT2D eigenvalue weighted by atomic mass is 10.1. The quantitative estimate of drug-likeness (QED) is 0.702. The molecule has 0 aromatic rings. The molecule has 0 spiro atoms. The van der Waals surface area contributed by atoms with Gasteiger partial charge in [0, 0.05) is 38.6 Å². The second kappa shape index (κ2) is 4.52. The van der Waals surface area contributed by atoms with Gasteiger partial charge in [0.2, 0.25) is 5.91 Å². The molecule has 2 aliphatic rings. The van der Waals surface area contributed by atoms with Gasteiger partial charge in [-0.3, -0.25) is 9.69 Å². The highest BCUT2D eigenvalue weighted by atomic mass is 16.2. The zero-order valence-corrected chi connectivity index (χ0v) is 9.91. The summed E-state index contributed by atoms with van der Waals surface area (Å²) in [5.41, 5.74) is 0. The van der Waals surface area contributed by atoms with Crippen LogP contribution in [0, 0.1) is 5.92 Å². The zero-order valence-electron chi connectivity index (χ0n) is 9.91. The molecule has 2 atom stereocenters. The van der Waals surface area contributed by atoms with Crippen molar-refractivity contribution in [1.29, 1.82) is 0 Å². The van der Waals surface area contributed by atoms with Crippen LogP contribution in [0.4, 0.5) is 0 Å². The van der Waals surface area contributed by atoms with E-state index in [1.54, 1.807) is 0 Å². The Morgan fingerprint density at radius 3 is 3.00 bits per heavy atom. The van der Waals surface area contributed by atoms with E-state index in [1.165, 1.54) is 13.0 Å². The first kappa shape index (κ1) is 10.9. The van der Waals surface area contributed by atoms with Crippen molar-refractivity contribution in [2.45, 2.75) is 39.2 Å². The van der Waals surface area contributed by atoms with Crippen molar-refractivity contribution in [2.24, 2.45) is 5.92 Å². The highest BCUT2D eigenvalue weighted by molar-refractivity contribution is 5.78. The fraction of sp³-hybridized carbons (Fsp3) is 0.917. The maximum absolute atomic E-state index is 11.5. The SMILES string of the molecule is CCC(C)CN1CCN2C(=O)CCC2C1. The van der Waals surface area contributed by atoms with Crippen LogP contribution in [0.1, 0.15) is 33.1 Å². The van der Waals surface area contributed by atoms with Crippen molar-refractivity contribution < 1.29 is 4.79 Å². The van der Waals surface area contributed by atoms with Crippen LogP contribution in [-0.2, 0) is 4.79 Å². The number of piperazine rings is 1. The van der Waals surface area contributed by atoms with Gasteiger partial charge in [-0.05, 0) is 12.3 Å². The van der Waals surface area contributed by atoms with Gasteiger partial charge in [0.05, 0.1) is 0 Å². The fourth-order valence-corrected chi connectivity index (χ4v) is 2.66. The maximum Gasteiger partial charge on any atom is 0.222 e. The summed E-state index contributed by atoms with van der Waals surface area (Å²) in [7, 11) is 0. The van der Waals surface area contributed by atoms with E-state index in [1.807, 2.05) is 0 Å². The highest BCUT2D eigenvalue weighted by Gasteiger charge is 2.35. The Labute approximate surface area is 92.4 Å². The van der Waals surface area contributed by atoms with E-state index in [2.05, 4.69) is 23.6 Å². The molecular weight excluding hydrogens is 188 g/mol. The summed E-state index contributed by atoms with van der Waals surface area (Å²) in [6.45, 7) is 8.91. The third-order valence-corrected chi connectivity index (χ3v) is 3.85. The predicted molar refractivity (Wildman–Crippen MR) is 60.6 cm³/mol. The minimum absolute atomic E-state index is 0.378. The van der Waals surface area contributed by atoms with Crippen molar-refractivity contribution in [1.82, 2.24) is 9.80 Å². The molecule has 2 aliphatic heterocycles. The molecule has 2 rings (SSSR count). The second-order valence-electron chi connectivity index (χ2n) is 5.05. The molecule has 15 heavy (non-hydrogen) atoms. The number of carbonyl (C=O) groups excluding carboxylic acids is 1. The molecule has 0 radical (unpaired) electrons. The third-order valence-electron chi connectivity index (χ3n) is 3.85. The Morgan fingerprint density at radius 1 is 1.47 bits per heavy atom. The Balaban J connectivity index is 1.85. The third kappa shape index (κ3) is 2.33. The van der Waals surface area contributed by atoms with Crippen LogP contribution in [0.15, 0.2) is 0 Å². The van der Waals surface area contributed by atoms with Crippen LogP contribution in [0.25, 0.3) is 0 Å². The van der Waals surface area contributed by atoms with E-state index in [0.717, 1.165) is 38.4 Å². The Hall–Kier alpha value is -0.570. The molecule has 0 aliphatic carbocycles. The van der Waals surface area contributed by atoms with Crippen LogP contribution >= 0.6 is 0 Å². The first-order chi connectivity index (χ1) is 7.20. The van der Waals surface area contributed by atoms with Crippen molar-refractivity contribution in [3.05, 3.63) is 0 Å². The van der Waals surface area contributed by atoms with Gasteiger partial charge >= 0.3 is 0 Å². The average molecular weight is 210 g/mol. The number of hydrogen-bond donors (Lipinski definition) is 0. The minimum Gasteiger partial charge on any atom is -0.337 e. The minimum atomic E-state index is 0.378. The van der Waals surface area contributed by atoms with Gasteiger partial charge in [-0.15, -0.1) is 0 Å². The predicted octanol–water partition coefficient (Wildman–Crippen LogP) is 1.34. The molecule has 0 aromatic carbocycles. The summed E-state index contributed by atoms with van der Waals surface area (Å²) in [5, 5.41) is 0. The summed E-state index contributed by atoms with van der Waals surface area (Å²) in [6, 6.07) is 0.523. The molecule has 3 nitrogen and oxygen atoms in total. The first-order valence-corrected chi connectivity index (χ1v) is 6.22. The van der Waals surface area contributed by atoms with Gasteiger partial charge in [-0.2, -0.15) is 0 Å². The lowest BCUT2D eigenvalue weighted by molar-refractivity contribution is -0.130. The topological polar surface area (TPSA) is 23.6 Å². The number of carbonyl (C=O) groups is 1. The summed E-state index contributed by atoms with van der Waals surface area (Å²) >= 11 is 0. The van der Waals surface area contributed by atoms with Gasteiger partial charge in [0.1, 0.15) is 0 Å². The van der Waals surface area contributed by atoms with Crippen LogP contribution in [0.2, 0.25) is 0 Å². The molecule has 2 unspecified atom stereocenters. The first-order valence-electron chi connectivity index (χ1n) is 6.22. The van der Waals surface area contributed by atoms with Crippen LogP contribution in [0.5, 0.6) is 0 Å². The molecule has 86 valence electrons. The molecule has 0 saturated carbocycles. The van der Waals surface area contributed by atoms with Gasteiger partial charge in [-0.25, -0.2) is 0 Å². The smallest absolute Gasteiger partial charge is 0.222 e. The second-order valence-corrected chi connectivity index (χ2v) is 5.05. The lowest BCUT2D eigenvalue weighted by Crippen LogP contribution is -2.52. The number of hydrogen-bond acceptors (Lipinski definition) is 2. The van der Waals surface area contributed by atoms with Gasteiger partial charge in [0.15, 0.2) is 0 Å². The molecule has 2 heterocycles. The lowest BCUT2D eigenvalue weighted by Gasteiger charge is -2.38. The summed E-state index contributed by atoms with van der Waals surface area (Å²) in [5.74, 6) is 1.16. The van der Waals surface area contributed by atoms with Crippen LogP contribution in [-0.4, -0.2) is 47.9 Å². The zero-order chi connectivity index (χ0) is 10.8. The number of amides is 1. The van der Waals surface area contributed by atoms with E-state index < -0.39 is 0 Å². The van der Waals surface area contributed by atoms with E-state index in [0.29, 0.717) is 11.9 Å². The highest BCUT2D eigenvalue weighted by Crippen LogP contribution is 2.23. The maximum atomic E-state index is 11.5. The van der Waals surface area contributed by atoms with E-state index >= 15 is 0 Å². The summed E-state index contributed by atoms with van der Waals surface area (Å²) < 4.78 is 0. The number of fused-ring (bicyclic) bond motifs is 1. The molecule has 0 N–H and O–H groups in total. The molecule has 3 heteroatoms. The Kier molecular flexibility index (Phi) is 3.29. The Morgan fingerprint density at radius 2 is 2.27 bits per heavy atom. The van der Waals surface area contributed by atoms with E-state index in [4.69, 9.17) is 0 Å². The normalized spacial score (nSPS) is 29.3. The number of rotatable bonds is 3. The number of nitrogens with zero attached hydrogens (tertiary/aromatic N) is 2. The molecule has 1 amide bonds. The standard InChI is InChI=1S/C12H22N2O/c1-3-10(2)8-13-6-7-14-11(9-13)4-5-12(14)15/h10-11H,3-9H2,1-2H3. The van der Waals surface area contributed by atoms with Crippen LogP contribution < -0.4 is 0 Å². The van der Waals surface area contributed by atoms with Gasteiger partial charge < -0.3 is 4.90 Å². The largest absolute Gasteiger partial charge is 0.337 e. The molecule has 2 fully saturated rings. The fourth-order valence-electron chi connectivity index (χ4n) is 2.66. The molecule has 0 aromatic heterocycles. The monoisotopic (exact) mass is 210 g/mol. The van der Waals surface area contributed by atoms with Crippen molar-refractivity contribution >= 4 is 5.91 Å². The molecule has 2 saturated heterocycles. The van der Waals surface area contributed by atoms with Gasteiger partial charge in [0.25, 0.3) is 0 Å². The summed E-state index contributed by atoms with van der Waals surface area (Å²) in [4.78, 5) is 16.1. The van der Waals surface area contributed by atoms with Crippen molar-refractivity contribution in [2.75, 3.05) is 26.2 Å². The van der Waals surface area contributed by atoms with Crippen LogP contribution in [0.3, 0.4) is 0 Å². The van der Waals surface area contributed by atoms with Gasteiger partial charge in [-0.1, -0.05) is 20.3 Å². The van der Waals surface area contributed by atoms with E-state index in [-0.39, 0.29) is 0 Å². The summed E-state index contributed by atoms with van der Waals surface area (Å²) in [6.07, 6.45) is 3.11. The average Bonchev–Trinajstić information content (AvgIpc) is 2.60. The van der Waals surface area contributed by atoms with Crippen molar-refractivity contribution in [3.63, 3.8) is 0 Å². The Bertz CT molecular complexity index is 242. The molecule has 0 bridgehead atoms.